The van der Waals surface area contributed by atoms with Gasteiger partial charge in [-0.05, 0) is 22.5 Å². The summed E-state index contributed by atoms with van der Waals surface area (Å²) < 4.78 is 0. The molecule has 0 heterocycles. The Morgan fingerprint density at radius 2 is 1.47 bits per heavy atom. The van der Waals surface area contributed by atoms with Gasteiger partial charge in [-0.15, -0.1) is 0 Å². The SMILES string of the molecule is CCC(CC)C(O)c1ccc(C(C)(C)C)cc1. The molecule has 0 aliphatic rings. The van der Waals surface area contributed by atoms with Crippen molar-refractivity contribution in [1.82, 2.24) is 0 Å². The Balaban J connectivity index is 2.87. The molecule has 1 nitrogen and oxygen atoms in total. The Hall–Kier alpha value is -0.820. The van der Waals surface area contributed by atoms with Gasteiger partial charge in [0.05, 0.1) is 6.10 Å². The maximum atomic E-state index is 10.3. The topological polar surface area (TPSA) is 20.2 Å². The summed E-state index contributed by atoms with van der Waals surface area (Å²) in [7, 11) is 0. The third-order valence-corrected chi connectivity index (χ3v) is 3.61. The van der Waals surface area contributed by atoms with Gasteiger partial charge in [0.25, 0.3) is 0 Å². The zero-order valence-electron chi connectivity index (χ0n) is 11.8. The van der Waals surface area contributed by atoms with Gasteiger partial charge in [-0.3, -0.25) is 0 Å². The van der Waals surface area contributed by atoms with Crippen molar-refractivity contribution in [2.24, 2.45) is 5.92 Å². The summed E-state index contributed by atoms with van der Waals surface area (Å²) in [5.74, 6) is 0.371. The molecule has 17 heavy (non-hydrogen) atoms. The highest BCUT2D eigenvalue weighted by atomic mass is 16.3. The maximum absolute atomic E-state index is 10.3. The second-order valence-electron chi connectivity index (χ2n) is 5.89. The third-order valence-electron chi connectivity index (χ3n) is 3.61. The first kappa shape index (κ1) is 14.2. The Bertz CT molecular complexity index is 328. The number of benzene rings is 1. The van der Waals surface area contributed by atoms with Crippen molar-refractivity contribution in [3.05, 3.63) is 35.4 Å². The molecule has 0 amide bonds. The van der Waals surface area contributed by atoms with E-state index in [-0.39, 0.29) is 11.5 Å². The lowest BCUT2D eigenvalue weighted by Gasteiger charge is -2.23. The minimum atomic E-state index is -0.320. The summed E-state index contributed by atoms with van der Waals surface area (Å²) >= 11 is 0. The van der Waals surface area contributed by atoms with Gasteiger partial charge in [-0.1, -0.05) is 71.7 Å². The maximum Gasteiger partial charge on any atom is 0.0818 e. The van der Waals surface area contributed by atoms with Crippen LogP contribution in [0.3, 0.4) is 0 Å². The first-order valence-electron chi connectivity index (χ1n) is 6.68. The first-order valence-corrected chi connectivity index (χ1v) is 6.68. The van der Waals surface area contributed by atoms with E-state index in [1.54, 1.807) is 0 Å². The fraction of sp³-hybridized carbons (Fsp3) is 0.625. The van der Waals surface area contributed by atoms with E-state index in [1.807, 2.05) is 0 Å². The van der Waals surface area contributed by atoms with E-state index in [1.165, 1.54) is 5.56 Å². The summed E-state index contributed by atoms with van der Waals surface area (Å²) in [6.07, 6.45) is 1.73. The van der Waals surface area contributed by atoms with Gasteiger partial charge < -0.3 is 5.11 Å². The minimum Gasteiger partial charge on any atom is -0.388 e. The lowest BCUT2D eigenvalue weighted by Crippen LogP contribution is -2.13. The van der Waals surface area contributed by atoms with Crippen LogP contribution >= 0.6 is 0 Å². The molecule has 0 aromatic heterocycles. The van der Waals surface area contributed by atoms with E-state index in [0.29, 0.717) is 5.92 Å². The third kappa shape index (κ3) is 3.57. The molecule has 1 aromatic carbocycles. The van der Waals surface area contributed by atoms with Crippen LogP contribution in [0, 0.1) is 5.92 Å². The van der Waals surface area contributed by atoms with E-state index >= 15 is 0 Å². The van der Waals surface area contributed by atoms with Crippen molar-refractivity contribution in [2.45, 2.75) is 59.0 Å². The molecule has 1 atom stereocenters. The molecular weight excluding hydrogens is 208 g/mol. The average molecular weight is 234 g/mol. The van der Waals surface area contributed by atoms with E-state index < -0.39 is 0 Å². The number of hydrogen-bond donors (Lipinski definition) is 1. The van der Waals surface area contributed by atoms with Crippen molar-refractivity contribution in [3.63, 3.8) is 0 Å². The van der Waals surface area contributed by atoms with E-state index in [0.717, 1.165) is 18.4 Å². The highest BCUT2D eigenvalue weighted by molar-refractivity contribution is 5.28. The molecule has 96 valence electrons. The monoisotopic (exact) mass is 234 g/mol. The molecular formula is C16H26O. The normalized spacial score (nSPS) is 14.1. The summed E-state index contributed by atoms with van der Waals surface area (Å²) in [4.78, 5) is 0. The van der Waals surface area contributed by atoms with Gasteiger partial charge >= 0.3 is 0 Å². The fourth-order valence-electron chi connectivity index (χ4n) is 2.19. The molecule has 0 saturated carbocycles. The van der Waals surface area contributed by atoms with Crippen LogP contribution in [0.5, 0.6) is 0 Å². The van der Waals surface area contributed by atoms with Crippen molar-refractivity contribution in [1.29, 1.82) is 0 Å². The van der Waals surface area contributed by atoms with Gasteiger partial charge in [0.2, 0.25) is 0 Å². The average Bonchev–Trinajstić information content (AvgIpc) is 2.29. The lowest BCUT2D eigenvalue weighted by atomic mass is 9.85. The zero-order chi connectivity index (χ0) is 13.1. The van der Waals surface area contributed by atoms with Crippen molar-refractivity contribution in [2.75, 3.05) is 0 Å². The number of aliphatic hydroxyl groups excluding tert-OH is 1. The van der Waals surface area contributed by atoms with Crippen LogP contribution in [0.2, 0.25) is 0 Å². The predicted octanol–water partition coefficient (Wildman–Crippen LogP) is 4.45. The molecule has 0 spiro atoms. The Morgan fingerprint density at radius 1 is 1.00 bits per heavy atom. The van der Waals surface area contributed by atoms with Gasteiger partial charge in [0.1, 0.15) is 0 Å². The molecule has 1 rings (SSSR count). The number of aliphatic hydroxyl groups is 1. The zero-order valence-corrected chi connectivity index (χ0v) is 11.8. The second kappa shape index (κ2) is 5.68. The minimum absolute atomic E-state index is 0.179. The van der Waals surface area contributed by atoms with Crippen molar-refractivity contribution in [3.8, 4) is 0 Å². The van der Waals surface area contributed by atoms with Crippen LogP contribution in [0.1, 0.15) is 64.7 Å². The van der Waals surface area contributed by atoms with E-state index in [4.69, 9.17) is 0 Å². The number of hydrogen-bond acceptors (Lipinski definition) is 1. The van der Waals surface area contributed by atoms with Crippen molar-refractivity contribution < 1.29 is 5.11 Å². The quantitative estimate of drug-likeness (QED) is 0.816. The highest BCUT2D eigenvalue weighted by Gasteiger charge is 2.19. The largest absolute Gasteiger partial charge is 0.388 e. The Labute approximate surface area is 106 Å². The Morgan fingerprint density at radius 3 is 1.82 bits per heavy atom. The summed E-state index contributed by atoms with van der Waals surface area (Å²) in [6.45, 7) is 10.9. The molecule has 1 N–H and O–H groups in total. The van der Waals surface area contributed by atoms with Crippen LogP contribution in [0.4, 0.5) is 0 Å². The van der Waals surface area contributed by atoms with Gasteiger partial charge in [0.15, 0.2) is 0 Å². The van der Waals surface area contributed by atoms with Crippen LogP contribution in [-0.4, -0.2) is 5.11 Å². The molecule has 0 aliphatic carbocycles. The standard InChI is InChI=1S/C16H26O/c1-6-12(7-2)15(17)13-8-10-14(11-9-13)16(3,4)5/h8-12,15,17H,6-7H2,1-5H3. The van der Waals surface area contributed by atoms with Crippen LogP contribution < -0.4 is 0 Å². The van der Waals surface area contributed by atoms with Crippen LogP contribution in [0.15, 0.2) is 24.3 Å². The lowest BCUT2D eigenvalue weighted by molar-refractivity contribution is 0.103. The second-order valence-corrected chi connectivity index (χ2v) is 5.89. The molecule has 0 saturated heterocycles. The number of rotatable bonds is 4. The van der Waals surface area contributed by atoms with Gasteiger partial charge in [0, 0.05) is 0 Å². The molecule has 1 unspecified atom stereocenters. The first-order chi connectivity index (χ1) is 7.90. The van der Waals surface area contributed by atoms with Gasteiger partial charge in [-0.2, -0.15) is 0 Å². The van der Waals surface area contributed by atoms with E-state index in [2.05, 4.69) is 58.9 Å². The van der Waals surface area contributed by atoms with Crippen LogP contribution in [0.25, 0.3) is 0 Å². The molecule has 1 aromatic rings. The summed E-state index contributed by atoms with van der Waals surface area (Å²) in [6, 6.07) is 8.43. The Kier molecular flexibility index (Phi) is 4.76. The molecule has 0 bridgehead atoms. The summed E-state index contributed by atoms with van der Waals surface area (Å²) in [5.41, 5.74) is 2.54. The fourth-order valence-corrected chi connectivity index (χ4v) is 2.19. The van der Waals surface area contributed by atoms with Crippen LogP contribution in [-0.2, 0) is 5.41 Å². The smallest absolute Gasteiger partial charge is 0.0818 e. The predicted molar refractivity (Wildman–Crippen MR) is 74.2 cm³/mol. The van der Waals surface area contributed by atoms with E-state index in [9.17, 15) is 5.11 Å². The molecule has 0 aliphatic heterocycles. The summed E-state index contributed by atoms with van der Waals surface area (Å²) in [5, 5.41) is 10.3. The molecule has 1 heteroatoms. The highest BCUT2D eigenvalue weighted by Crippen LogP contribution is 2.29. The van der Waals surface area contributed by atoms with Gasteiger partial charge in [-0.25, -0.2) is 0 Å². The molecule has 0 fully saturated rings. The van der Waals surface area contributed by atoms with Crippen molar-refractivity contribution >= 4 is 0 Å². The molecule has 0 radical (unpaired) electrons.